The predicted octanol–water partition coefficient (Wildman–Crippen LogP) is 1.30. The van der Waals surface area contributed by atoms with Gasteiger partial charge in [-0.3, -0.25) is 9.89 Å². The molecule has 0 bridgehead atoms. The van der Waals surface area contributed by atoms with E-state index in [9.17, 15) is 0 Å². The number of aliphatic imine (C=N–C) groups is 1. The lowest BCUT2D eigenvalue weighted by Crippen LogP contribution is -2.49. The van der Waals surface area contributed by atoms with Crippen LogP contribution in [0.4, 0.5) is 0 Å². The number of nitrogens with zero attached hydrogens (tertiary/aromatic N) is 3. The molecule has 0 aliphatic carbocycles. The molecule has 5 nitrogen and oxygen atoms in total. The van der Waals surface area contributed by atoms with Crippen molar-refractivity contribution in [2.45, 2.75) is 30.4 Å². The highest BCUT2D eigenvalue weighted by Gasteiger charge is 2.31. The molecule has 3 atom stereocenters. The maximum absolute atomic E-state index is 8.76. The molecule has 2 N–H and O–H groups in total. The van der Waals surface area contributed by atoms with Gasteiger partial charge in [0.2, 0.25) is 0 Å². The van der Waals surface area contributed by atoms with Gasteiger partial charge in [0, 0.05) is 24.4 Å². The van der Waals surface area contributed by atoms with Gasteiger partial charge in [0.15, 0.2) is 0 Å². The maximum atomic E-state index is 8.76. The summed E-state index contributed by atoms with van der Waals surface area (Å²) < 4.78 is 6.17. The second-order valence-corrected chi connectivity index (χ2v) is 6.74. The second-order valence-electron chi connectivity index (χ2n) is 4.80. The molecule has 1 fully saturated rings. The van der Waals surface area contributed by atoms with E-state index in [0.717, 1.165) is 12.1 Å². The number of morpholine rings is 1. The number of hydrogen-bond acceptors (Lipinski definition) is 6. The number of ether oxygens (including phenoxy) is 1. The largest absolute Gasteiger partial charge is 0.385 e. The number of thioether (sulfide) groups is 1. The smallest absolute Gasteiger partial charge is 0.132 e. The number of nitrogens with two attached hydrogens (primary N) is 1. The lowest BCUT2D eigenvalue weighted by Gasteiger charge is -2.37. The van der Waals surface area contributed by atoms with Crippen molar-refractivity contribution in [3.63, 3.8) is 0 Å². The number of fused-ring (bicyclic) bond motifs is 1. The van der Waals surface area contributed by atoms with E-state index in [4.69, 9.17) is 28.0 Å². The van der Waals surface area contributed by atoms with Crippen molar-refractivity contribution >= 4 is 34.5 Å². The minimum Gasteiger partial charge on any atom is -0.385 e. The number of dihydropyridines is 1. The summed E-state index contributed by atoms with van der Waals surface area (Å²) in [5.41, 5.74) is 6.68. The molecule has 7 heteroatoms. The first kappa shape index (κ1) is 15.4. The number of hydrogen-bond donors (Lipinski definition) is 1. The second kappa shape index (κ2) is 7.18. The first-order valence-electron chi connectivity index (χ1n) is 6.51. The summed E-state index contributed by atoms with van der Waals surface area (Å²) >= 11 is 6.39. The molecule has 0 spiro atoms. The molecule has 20 heavy (non-hydrogen) atoms. The van der Waals surface area contributed by atoms with E-state index >= 15 is 0 Å². The highest BCUT2D eigenvalue weighted by molar-refractivity contribution is 8.23. The van der Waals surface area contributed by atoms with Crippen molar-refractivity contribution < 1.29 is 4.74 Å². The lowest BCUT2D eigenvalue weighted by atomic mass is 10.0. The fraction of sp³-hybridized carbons (Fsp3) is 0.615. The van der Waals surface area contributed by atoms with Gasteiger partial charge in [0.1, 0.15) is 16.6 Å². The molecule has 1 saturated heterocycles. The molecule has 3 unspecified atom stereocenters. The highest BCUT2D eigenvalue weighted by atomic mass is 32.2. The Bertz CT molecular complexity index is 471. The van der Waals surface area contributed by atoms with E-state index in [1.165, 1.54) is 11.8 Å². The Labute approximate surface area is 128 Å². The Balaban J connectivity index is 2.11. The standard InChI is InChI=1S/C13H18N4OS2/c1-17-5-6-18-10-7-9(8-16-12(10)17)11(3-2-4-14)20-13(15)19/h7-8,10-12H,2-3,5-6H2,1H3,(H2,15,19). The monoisotopic (exact) mass is 310 g/mol. The molecule has 2 rings (SSSR count). The summed E-state index contributed by atoms with van der Waals surface area (Å²) in [4.78, 5) is 6.76. The minimum absolute atomic E-state index is 0.0229. The quantitative estimate of drug-likeness (QED) is 0.789. The van der Waals surface area contributed by atoms with E-state index in [1.54, 1.807) is 0 Å². The van der Waals surface area contributed by atoms with Crippen LogP contribution >= 0.6 is 24.0 Å². The third kappa shape index (κ3) is 3.79. The summed E-state index contributed by atoms with van der Waals surface area (Å²) in [5.74, 6) is 0. The van der Waals surface area contributed by atoms with Gasteiger partial charge in [0.05, 0.1) is 12.7 Å². The zero-order chi connectivity index (χ0) is 14.5. The lowest BCUT2D eigenvalue weighted by molar-refractivity contribution is -0.0342. The van der Waals surface area contributed by atoms with Gasteiger partial charge in [-0.1, -0.05) is 24.0 Å². The summed E-state index contributed by atoms with van der Waals surface area (Å²) in [6.45, 7) is 1.60. The average molecular weight is 310 g/mol. The van der Waals surface area contributed by atoms with Gasteiger partial charge in [0.25, 0.3) is 0 Å². The first-order chi connectivity index (χ1) is 9.61. The fourth-order valence-corrected chi connectivity index (χ4v) is 3.49. The van der Waals surface area contributed by atoms with Crippen molar-refractivity contribution in [3.8, 4) is 6.07 Å². The van der Waals surface area contributed by atoms with E-state index in [1.807, 2.05) is 13.3 Å². The molecule has 0 amide bonds. The first-order valence-corrected chi connectivity index (χ1v) is 7.80. The average Bonchev–Trinajstić information content (AvgIpc) is 2.43. The molecule has 2 aliphatic rings. The Hall–Kier alpha value is -0.940. The number of likely N-dealkylation sites (N-methyl/N-ethyl adjacent to an activating group) is 1. The minimum atomic E-state index is -0.0229. The van der Waals surface area contributed by atoms with Crippen LogP contribution in [0.3, 0.4) is 0 Å². The Morgan fingerprint density at radius 3 is 3.30 bits per heavy atom. The van der Waals surface area contributed by atoms with E-state index < -0.39 is 0 Å². The number of nitriles is 1. The Morgan fingerprint density at radius 2 is 2.60 bits per heavy atom. The molecule has 0 aromatic heterocycles. The normalized spacial score (nSPS) is 27.3. The topological polar surface area (TPSA) is 74.6 Å². The molecule has 2 aliphatic heterocycles. The van der Waals surface area contributed by atoms with Gasteiger partial charge in [-0.25, -0.2) is 0 Å². The SMILES string of the molecule is CN1CCOC2C=C(C(CCC#N)SC(N)=S)C=NC21. The number of thiocarbonyl (C=S) groups is 1. The van der Waals surface area contributed by atoms with Crippen molar-refractivity contribution in [2.75, 3.05) is 20.2 Å². The van der Waals surface area contributed by atoms with E-state index in [0.29, 0.717) is 23.8 Å². The molecule has 0 aromatic rings. The van der Waals surface area contributed by atoms with Gasteiger partial charge in [-0.2, -0.15) is 5.26 Å². The van der Waals surface area contributed by atoms with Crippen LogP contribution in [0, 0.1) is 11.3 Å². The molecular formula is C13H18N4OS2. The van der Waals surface area contributed by atoms with Crippen molar-refractivity contribution in [3.05, 3.63) is 11.6 Å². The molecular weight excluding hydrogens is 292 g/mol. The van der Waals surface area contributed by atoms with E-state index in [2.05, 4.69) is 22.0 Å². The molecule has 0 saturated carbocycles. The van der Waals surface area contributed by atoms with Crippen molar-refractivity contribution in [2.24, 2.45) is 10.7 Å². The summed E-state index contributed by atoms with van der Waals surface area (Å²) in [7, 11) is 2.05. The molecule has 0 aromatic carbocycles. The van der Waals surface area contributed by atoms with Crippen LogP contribution in [-0.2, 0) is 4.74 Å². The summed E-state index contributed by atoms with van der Waals surface area (Å²) in [6, 6.07) is 2.17. The number of rotatable bonds is 4. The predicted molar refractivity (Wildman–Crippen MR) is 85.7 cm³/mol. The van der Waals surface area contributed by atoms with Crippen LogP contribution in [0.25, 0.3) is 0 Å². The Kier molecular flexibility index (Phi) is 5.54. The third-order valence-electron chi connectivity index (χ3n) is 3.38. The van der Waals surface area contributed by atoms with Crippen molar-refractivity contribution in [1.82, 2.24) is 4.90 Å². The van der Waals surface area contributed by atoms with Crippen LogP contribution in [0.1, 0.15) is 12.8 Å². The molecule has 108 valence electrons. The van der Waals surface area contributed by atoms with Crippen molar-refractivity contribution in [1.29, 1.82) is 5.26 Å². The van der Waals surface area contributed by atoms with Gasteiger partial charge < -0.3 is 10.5 Å². The van der Waals surface area contributed by atoms with Gasteiger partial charge in [-0.15, -0.1) is 0 Å². The maximum Gasteiger partial charge on any atom is 0.132 e. The zero-order valence-corrected chi connectivity index (χ0v) is 13.0. The van der Waals surface area contributed by atoms with Crippen LogP contribution in [-0.4, -0.2) is 53.2 Å². The third-order valence-corrected chi connectivity index (χ3v) is 4.69. The van der Waals surface area contributed by atoms with Gasteiger partial charge in [-0.05, 0) is 25.1 Å². The molecule has 2 heterocycles. The highest BCUT2D eigenvalue weighted by Crippen LogP contribution is 2.28. The van der Waals surface area contributed by atoms with Crippen LogP contribution in [0.15, 0.2) is 16.6 Å². The summed E-state index contributed by atoms with van der Waals surface area (Å²) in [6.07, 6.45) is 5.19. The molecule has 0 radical (unpaired) electrons. The Morgan fingerprint density at radius 1 is 1.80 bits per heavy atom. The van der Waals surface area contributed by atoms with Crippen LogP contribution in [0.5, 0.6) is 0 Å². The fourth-order valence-electron chi connectivity index (χ4n) is 2.35. The van der Waals surface area contributed by atoms with Gasteiger partial charge >= 0.3 is 0 Å². The van der Waals surface area contributed by atoms with Crippen LogP contribution in [0.2, 0.25) is 0 Å². The summed E-state index contributed by atoms with van der Waals surface area (Å²) in [5, 5.41) is 8.84. The van der Waals surface area contributed by atoms with E-state index in [-0.39, 0.29) is 17.5 Å². The zero-order valence-electron chi connectivity index (χ0n) is 11.4. The van der Waals surface area contributed by atoms with Crippen LogP contribution < -0.4 is 5.73 Å².